The van der Waals surface area contributed by atoms with Gasteiger partial charge in [0.1, 0.15) is 0 Å². The standard InChI is InChI=1S/C11H20N2O3S/c1-11(2,10(15)16)7-13-5-3-8(4-6-13)9(14)12-17/h8,17H,3-7H2,1-2H3,(H,12,14)(H,15,16). The number of carboxylic acid groups (broad SMARTS) is 1. The Kier molecular flexibility index (Phi) is 4.82. The van der Waals surface area contributed by atoms with Gasteiger partial charge in [0.15, 0.2) is 0 Å². The molecule has 0 radical (unpaired) electrons. The van der Waals surface area contributed by atoms with E-state index in [1.807, 2.05) is 0 Å². The average Bonchev–Trinajstić information content (AvgIpc) is 2.28. The van der Waals surface area contributed by atoms with Gasteiger partial charge < -0.3 is 14.7 Å². The lowest BCUT2D eigenvalue weighted by Gasteiger charge is -2.34. The van der Waals surface area contributed by atoms with Crippen LogP contribution < -0.4 is 4.72 Å². The number of likely N-dealkylation sites (tertiary alicyclic amines) is 1. The van der Waals surface area contributed by atoms with Crippen LogP contribution in [0.2, 0.25) is 0 Å². The number of aliphatic carboxylic acids is 1. The van der Waals surface area contributed by atoms with Gasteiger partial charge in [0, 0.05) is 12.5 Å². The normalized spacial score (nSPS) is 19.0. The second kappa shape index (κ2) is 5.73. The van der Waals surface area contributed by atoms with Crippen LogP contribution >= 0.6 is 12.8 Å². The number of thiol groups is 1. The van der Waals surface area contributed by atoms with E-state index in [2.05, 4.69) is 22.4 Å². The van der Waals surface area contributed by atoms with Crippen molar-refractivity contribution in [2.24, 2.45) is 11.3 Å². The minimum absolute atomic E-state index is 0.0108. The fourth-order valence-corrected chi connectivity index (χ4v) is 2.25. The summed E-state index contributed by atoms with van der Waals surface area (Å²) in [6.45, 7) is 5.51. The molecule has 0 bridgehead atoms. The first-order chi connectivity index (χ1) is 7.86. The molecule has 1 saturated heterocycles. The SMILES string of the molecule is CC(C)(CN1CCC(C(=O)NS)CC1)C(=O)O. The number of nitrogens with one attached hydrogen (secondary N) is 1. The van der Waals surface area contributed by atoms with Crippen LogP contribution in [0.25, 0.3) is 0 Å². The molecule has 1 aliphatic rings. The Morgan fingerprint density at radius 2 is 1.94 bits per heavy atom. The van der Waals surface area contributed by atoms with E-state index in [0.717, 1.165) is 25.9 Å². The van der Waals surface area contributed by atoms with Crippen LogP contribution in [-0.2, 0) is 9.59 Å². The van der Waals surface area contributed by atoms with E-state index in [0.29, 0.717) is 6.54 Å². The first kappa shape index (κ1) is 14.3. The van der Waals surface area contributed by atoms with Gasteiger partial charge in [-0.15, -0.1) is 0 Å². The summed E-state index contributed by atoms with van der Waals surface area (Å²) in [5, 5.41) is 9.05. The van der Waals surface area contributed by atoms with E-state index in [4.69, 9.17) is 5.11 Å². The highest BCUT2D eigenvalue weighted by atomic mass is 32.1. The third-order valence-corrected chi connectivity index (χ3v) is 3.49. The molecule has 0 spiro atoms. The molecular weight excluding hydrogens is 240 g/mol. The summed E-state index contributed by atoms with van der Waals surface area (Å²) in [5.41, 5.74) is -0.737. The molecule has 0 aromatic carbocycles. The highest BCUT2D eigenvalue weighted by Gasteiger charge is 2.32. The second-order valence-electron chi connectivity index (χ2n) is 5.22. The largest absolute Gasteiger partial charge is 0.481 e. The van der Waals surface area contributed by atoms with Crippen molar-refractivity contribution >= 4 is 24.7 Å². The van der Waals surface area contributed by atoms with E-state index in [1.165, 1.54) is 0 Å². The topological polar surface area (TPSA) is 69.6 Å². The highest BCUT2D eigenvalue weighted by molar-refractivity contribution is 7.78. The molecule has 17 heavy (non-hydrogen) atoms. The molecule has 98 valence electrons. The summed E-state index contributed by atoms with van der Waals surface area (Å²) < 4.78 is 2.36. The monoisotopic (exact) mass is 260 g/mol. The number of piperidine rings is 1. The predicted octanol–water partition coefficient (Wildman–Crippen LogP) is 0.770. The third kappa shape index (κ3) is 3.89. The van der Waals surface area contributed by atoms with Crippen molar-refractivity contribution in [3.63, 3.8) is 0 Å². The van der Waals surface area contributed by atoms with E-state index in [1.54, 1.807) is 13.8 Å². The summed E-state index contributed by atoms with van der Waals surface area (Å²) in [7, 11) is 0. The molecule has 1 heterocycles. The molecule has 2 N–H and O–H groups in total. The first-order valence-electron chi connectivity index (χ1n) is 5.76. The molecule has 1 rings (SSSR count). The number of amides is 1. The summed E-state index contributed by atoms with van der Waals surface area (Å²) in [5.74, 6) is -0.810. The van der Waals surface area contributed by atoms with Crippen molar-refractivity contribution in [3.8, 4) is 0 Å². The van der Waals surface area contributed by atoms with Crippen LogP contribution in [0.5, 0.6) is 0 Å². The number of carboxylic acids is 1. The number of carbonyl (C=O) groups is 2. The average molecular weight is 260 g/mol. The van der Waals surface area contributed by atoms with Crippen LogP contribution in [-0.4, -0.2) is 41.5 Å². The predicted molar refractivity (Wildman–Crippen MR) is 67.7 cm³/mol. The molecule has 1 fully saturated rings. The van der Waals surface area contributed by atoms with Crippen LogP contribution in [0.4, 0.5) is 0 Å². The van der Waals surface area contributed by atoms with E-state index in [9.17, 15) is 9.59 Å². The molecule has 1 aliphatic heterocycles. The van der Waals surface area contributed by atoms with Crippen LogP contribution in [0.15, 0.2) is 0 Å². The number of carbonyl (C=O) groups excluding carboxylic acids is 1. The van der Waals surface area contributed by atoms with Crippen molar-refractivity contribution in [1.29, 1.82) is 0 Å². The lowest BCUT2D eigenvalue weighted by atomic mass is 9.90. The Balaban J connectivity index is 2.43. The smallest absolute Gasteiger partial charge is 0.310 e. The van der Waals surface area contributed by atoms with E-state index >= 15 is 0 Å². The van der Waals surface area contributed by atoms with E-state index in [-0.39, 0.29) is 11.8 Å². The minimum atomic E-state index is -0.785. The van der Waals surface area contributed by atoms with Crippen molar-refractivity contribution in [2.45, 2.75) is 26.7 Å². The molecule has 6 heteroatoms. The second-order valence-corrected chi connectivity index (χ2v) is 5.44. The summed E-state index contributed by atoms with van der Waals surface area (Å²) in [6, 6.07) is 0. The number of nitrogens with zero attached hydrogens (tertiary/aromatic N) is 1. The first-order valence-corrected chi connectivity index (χ1v) is 6.21. The molecule has 1 amide bonds. The van der Waals surface area contributed by atoms with Gasteiger partial charge in [-0.25, -0.2) is 0 Å². The molecule has 0 atom stereocenters. The van der Waals surface area contributed by atoms with Gasteiger partial charge in [-0.05, 0) is 39.8 Å². The molecule has 0 aromatic rings. The van der Waals surface area contributed by atoms with Gasteiger partial charge in [-0.2, -0.15) is 0 Å². The lowest BCUT2D eigenvalue weighted by Crippen LogP contribution is -2.44. The molecule has 0 aliphatic carbocycles. The van der Waals surface area contributed by atoms with Gasteiger partial charge >= 0.3 is 5.97 Å². The van der Waals surface area contributed by atoms with Crippen molar-refractivity contribution in [3.05, 3.63) is 0 Å². The highest BCUT2D eigenvalue weighted by Crippen LogP contribution is 2.23. The maximum atomic E-state index is 11.4. The molecule has 0 aromatic heterocycles. The fraction of sp³-hybridized carbons (Fsp3) is 0.818. The van der Waals surface area contributed by atoms with Gasteiger partial charge in [0.2, 0.25) is 5.91 Å². The Labute approximate surface area is 107 Å². The maximum absolute atomic E-state index is 11.4. The zero-order chi connectivity index (χ0) is 13.1. The zero-order valence-electron chi connectivity index (χ0n) is 10.3. The summed E-state index contributed by atoms with van der Waals surface area (Å²) in [4.78, 5) is 24.5. The number of rotatable bonds is 4. The van der Waals surface area contributed by atoms with Crippen LogP contribution in [0.1, 0.15) is 26.7 Å². The molecular formula is C11H20N2O3S. The Morgan fingerprint density at radius 1 is 1.41 bits per heavy atom. The third-order valence-electron chi connectivity index (χ3n) is 3.27. The number of hydrogen-bond acceptors (Lipinski definition) is 4. The van der Waals surface area contributed by atoms with Crippen molar-refractivity contribution < 1.29 is 14.7 Å². The van der Waals surface area contributed by atoms with Gasteiger partial charge in [0.25, 0.3) is 0 Å². The molecule has 0 saturated carbocycles. The van der Waals surface area contributed by atoms with Gasteiger partial charge in [-0.1, -0.05) is 12.8 Å². The fourth-order valence-electron chi connectivity index (χ4n) is 2.07. The molecule has 5 nitrogen and oxygen atoms in total. The maximum Gasteiger partial charge on any atom is 0.310 e. The van der Waals surface area contributed by atoms with Crippen LogP contribution in [0.3, 0.4) is 0 Å². The lowest BCUT2D eigenvalue weighted by molar-refractivity contribution is -0.148. The van der Waals surface area contributed by atoms with Gasteiger partial charge in [-0.3, -0.25) is 9.59 Å². The van der Waals surface area contributed by atoms with E-state index < -0.39 is 11.4 Å². The zero-order valence-corrected chi connectivity index (χ0v) is 11.2. The Hall–Kier alpha value is -0.750. The van der Waals surface area contributed by atoms with Crippen molar-refractivity contribution in [2.75, 3.05) is 19.6 Å². The summed E-state index contributed by atoms with van der Waals surface area (Å²) >= 11 is 3.75. The van der Waals surface area contributed by atoms with Gasteiger partial charge in [0.05, 0.1) is 5.41 Å². The number of hydrogen-bond donors (Lipinski definition) is 3. The van der Waals surface area contributed by atoms with Crippen LogP contribution in [0, 0.1) is 11.3 Å². The molecule has 0 unspecified atom stereocenters. The Bertz CT molecular complexity index is 299. The summed E-state index contributed by atoms with van der Waals surface area (Å²) in [6.07, 6.45) is 1.53. The quantitative estimate of drug-likeness (QED) is 0.653. The minimum Gasteiger partial charge on any atom is -0.481 e. The van der Waals surface area contributed by atoms with Crippen molar-refractivity contribution in [1.82, 2.24) is 9.62 Å². The Morgan fingerprint density at radius 3 is 2.35 bits per heavy atom.